The molecule has 9 heteroatoms. The van der Waals surface area contributed by atoms with Gasteiger partial charge in [0, 0.05) is 29.0 Å². The first kappa shape index (κ1) is 25.3. The number of carbonyl (C=O) groups is 1. The normalized spacial score (nSPS) is 13.1. The van der Waals surface area contributed by atoms with E-state index in [1.807, 2.05) is 0 Å². The van der Waals surface area contributed by atoms with Crippen molar-refractivity contribution >= 4 is 28.7 Å². The van der Waals surface area contributed by atoms with Crippen molar-refractivity contribution in [3.05, 3.63) is 93.4 Å². The van der Waals surface area contributed by atoms with Crippen LogP contribution in [0.15, 0.2) is 48.7 Å². The Balaban J connectivity index is 0.00000306. The Bertz CT molecular complexity index is 1250. The molecule has 1 heterocycles. The third-order valence-electron chi connectivity index (χ3n) is 5.22. The zero-order valence-electron chi connectivity index (χ0n) is 17.6. The number of pyridine rings is 1. The Morgan fingerprint density at radius 3 is 2.52 bits per heavy atom. The molecule has 0 spiro atoms. The quantitative estimate of drug-likeness (QED) is 0.506. The number of carboxylic acids is 1. The molecule has 0 saturated heterocycles. The number of rotatable bonds is 6. The third-order valence-corrected chi connectivity index (χ3v) is 5.43. The van der Waals surface area contributed by atoms with Crippen LogP contribution in [0.4, 0.5) is 13.2 Å². The van der Waals surface area contributed by atoms with E-state index in [4.69, 9.17) is 16.3 Å². The zero-order chi connectivity index (χ0) is 22.8. The first-order valence-electron chi connectivity index (χ1n) is 9.79. The van der Waals surface area contributed by atoms with Crippen LogP contribution in [0.2, 0.25) is 5.02 Å². The maximum absolute atomic E-state index is 14.1. The number of carboxylic acid groups (broad SMARTS) is 1. The molecule has 0 saturated carbocycles. The average molecular weight is 482 g/mol. The topological polar surface area (TPSA) is 62.2 Å². The van der Waals surface area contributed by atoms with Crippen molar-refractivity contribution < 1.29 is 57.4 Å². The summed E-state index contributed by atoms with van der Waals surface area (Å²) in [6.07, 6.45) is 3.33. The number of hydrogen-bond acceptors (Lipinski definition) is 4. The van der Waals surface area contributed by atoms with Gasteiger partial charge in [-0.1, -0.05) is 11.6 Å². The summed E-state index contributed by atoms with van der Waals surface area (Å²) in [5, 5.41) is 11.6. The summed E-state index contributed by atoms with van der Waals surface area (Å²) >= 11 is 6.15. The molecular formula is C24H16ClF3NNaO3. The van der Waals surface area contributed by atoms with Crippen LogP contribution in [0.5, 0.6) is 5.88 Å². The van der Waals surface area contributed by atoms with E-state index in [0.29, 0.717) is 29.0 Å². The van der Waals surface area contributed by atoms with Crippen molar-refractivity contribution in [3.8, 4) is 5.88 Å². The number of aromatic nitrogens is 1. The van der Waals surface area contributed by atoms with Crippen molar-refractivity contribution in [1.82, 2.24) is 4.98 Å². The van der Waals surface area contributed by atoms with Crippen LogP contribution >= 0.6 is 11.6 Å². The van der Waals surface area contributed by atoms with Gasteiger partial charge in [-0.2, -0.15) is 0 Å². The summed E-state index contributed by atoms with van der Waals surface area (Å²) in [4.78, 5) is 15.5. The Hall–Kier alpha value is -2.32. The van der Waals surface area contributed by atoms with Gasteiger partial charge in [0.2, 0.25) is 5.88 Å². The number of hydrogen-bond donors (Lipinski definition) is 0. The van der Waals surface area contributed by atoms with Crippen molar-refractivity contribution in [3.63, 3.8) is 0 Å². The SMILES string of the molecule is O=C([O-])c1cc(F)cc(C2=C(c3cc(Cl)cnc3OCc3ccc(F)cc3F)CCC2)c1.[Na+]. The first-order chi connectivity index (χ1) is 15.3. The van der Waals surface area contributed by atoms with Crippen LogP contribution in [0.3, 0.4) is 0 Å². The number of halogens is 4. The predicted octanol–water partition coefficient (Wildman–Crippen LogP) is 2.19. The van der Waals surface area contributed by atoms with Crippen LogP contribution in [0.25, 0.3) is 11.1 Å². The molecule has 0 N–H and O–H groups in total. The Morgan fingerprint density at radius 1 is 1.03 bits per heavy atom. The van der Waals surface area contributed by atoms with Gasteiger partial charge in [0.05, 0.1) is 11.0 Å². The van der Waals surface area contributed by atoms with Crippen molar-refractivity contribution in [2.24, 2.45) is 0 Å². The third kappa shape index (κ3) is 5.79. The van der Waals surface area contributed by atoms with Crippen molar-refractivity contribution in [2.45, 2.75) is 25.9 Å². The first-order valence-corrected chi connectivity index (χ1v) is 10.2. The number of aromatic carboxylic acids is 1. The van der Waals surface area contributed by atoms with Crippen LogP contribution in [-0.2, 0) is 6.61 Å². The molecule has 1 aliphatic rings. The molecule has 33 heavy (non-hydrogen) atoms. The Morgan fingerprint density at radius 2 is 1.79 bits per heavy atom. The van der Waals surface area contributed by atoms with Crippen LogP contribution < -0.4 is 39.4 Å². The van der Waals surface area contributed by atoms with Gasteiger partial charge in [0.1, 0.15) is 24.1 Å². The van der Waals surface area contributed by atoms with E-state index in [1.165, 1.54) is 24.4 Å². The smallest absolute Gasteiger partial charge is 0.545 e. The van der Waals surface area contributed by atoms with Crippen molar-refractivity contribution in [1.29, 1.82) is 0 Å². The number of benzene rings is 2. The minimum absolute atomic E-state index is 0. The summed E-state index contributed by atoms with van der Waals surface area (Å²) in [5.74, 6) is -3.41. The van der Waals surface area contributed by atoms with E-state index in [2.05, 4.69) is 4.98 Å². The van der Waals surface area contributed by atoms with Gasteiger partial charge in [0.25, 0.3) is 0 Å². The summed E-state index contributed by atoms with van der Waals surface area (Å²) in [7, 11) is 0. The van der Waals surface area contributed by atoms with Gasteiger partial charge in [-0.25, -0.2) is 18.2 Å². The summed E-state index contributed by atoms with van der Waals surface area (Å²) in [6, 6.07) is 8.37. The van der Waals surface area contributed by atoms with Gasteiger partial charge in [-0.3, -0.25) is 0 Å². The molecule has 0 bridgehead atoms. The molecule has 0 unspecified atom stereocenters. The van der Waals surface area contributed by atoms with E-state index >= 15 is 0 Å². The Labute approximate surface area is 215 Å². The summed E-state index contributed by atoms with van der Waals surface area (Å²) < 4.78 is 46.9. The number of nitrogens with zero attached hydrogens (tertiary/aromatic N) is 1. The van der Waals surface area contributed by atoms with Gasteiger partial charge in [0.15, 0.2) is 0 Å². The fourth-order valence-corrected chi connectivity index (χ4v) is 3.94. The fraction of sp³-hybridized carbons (Fsp3) is 0.167. The molecule has 0 fully saturated rings. The maximum atomic E-state index is 14.1. The van der Waals surface area contributed by atoms with E-state index in [1.54, 1.807) is 6.07 Å². The van der Waals surface area contributed by atoms with Gasteiger partial charge in [-0.15, -0.1) is 0 Å². The molecule has 4 nitrogen and oxygen atoms in total. The molecule has 3 aromatic rings. The number of carbonyl (C=O) groups excluding carboxylic acids is 1. The van der Waals surface area contributed by atoms with E-state index < -0.39 is 23.4 Å². The molecule has 0 atom stereocenters. The van der Waals surface area contributed by atoms with E-state index in [-0.39, 0.29) is 53.2 Å². The van der Waals surface area contributed by atoms with Gasteiger partial charge >= 0.3 is 29.6 Å². The molecule has 1 aliphatic carbocycles. The monoisotopic (exact) mass is 481 g/mol. The van der Waals surface area contributed by atoms with Gasteiger partial charge < -0.3 is 14.6 Å². The molecule has 2 aromatic carbocycles. The van der Waals surface area contributed by atoms with E-state index in [9.17, 15) is 23.1 Å². The maximum Gasteiger partial charge on any atom is 1.00 e. The van der Waals surface area contributed by atoms with E-state index in [0.717, 1.165) is 35.8 Å². The molecule has 0 aliphatic heterocycles. The molecular weight excluding hydrogens is 466 g/mol. The second-order valence-electron chi connectivity index (χ2n) is 7.36. The Kier molecular flexibility index (Phi) is 8.23. The van der Waals surface area contributed by atoms with Crippen LogP contribution in [0.1, 0.15) is 46.3 Å². The predicted molar refractivity (Wildman–Crippen MR) is 111 cm³/mol. The van der Waals surface area contributed by atoms with Crippen molar-refractivity contribution in [2.75, 3.05) is 0 Å². The minimum atomic E-state index is -1.47. The molecule has 1 aromatic heterocycles. The number of allylic oxidation sites excluding steroid dienone is 2. The number of ether oxygens (including phenoxy) is 1. The van der Waals surface area contributed by atoms with Gasteiger partial charge in [-0.05, 0) is 72.4 Å². The zero-order valence-corrected chi connectivity index (χ0v) is 20.4. The molecule has 4 rings (SSSR count). The minimum Gasteiger partial charge on any atom is -0.545 e. The second kappa shape index (κ2) is 10.7. The summed E-state index contributed by atoms with van der Waals surface area (Å²) in [6.45, 7) is -0.189. The fourth-order valence-electron chi connectivity index (χ4n) is 3.78. The summed E-state index contributed by atoms with van der Waals surface area (Å²) in [5.41, 5.74) is 2.39. The molecule has 0 amide bonds. The standard InChI is InChI=1S/C24H17ClF3NO3.Na/c25-16-9-21(23(29-11-16)32-12-13-4-5-17(26)10-22(13)28)20-3-1-2-19(20)14-6-15(24(30)31)8-18(27)7-14;/h4-11H,1-3,12H2,(H,30,31);/q;+1/p-1. The van der Waals surface area contributed by atoms with Crippen LogP contribution in [-0.4, -0.2) is 11.0 Å². The molecule has 0 radical (unpaired) electrons. The largest absolute Gasteiger partial charge is 1.00 e. The second-order valence-corrected chi connectivity index (χ2v) is 7.79. The molecule has 164 valence electrons. The average Bonchev–Trinajstić information content (AvgIpc) is 3.23. The van der Waals surface area contributed by atoms with Crippen LogP contribution in [0, 0.1) is 17.5 Å².